The van der Waals surface area contributed by atoms with Crippen LogP contribution in [0.3, 0.4) is 0 Å². The molecule has 122 valence electrons. The Kier molecular flexibility index (Phi) is 4.36. The second kappa shape index (κ2) is 6.78. The Balaban J connectivity index is 1.44. The molecule has 0 aliphatic carbocycles. The average Bonchev–Trinajstić information content (AvgIpc) is 3.29. The maximum Gasteiger partial charge on any atom is 0.277 e. The molecule has 1 aliphatic rings. The van der Waals surface area contributed by atoms with Gasteiger partial charge >= 0.3 is 0 Å². The Hall–Kier alpha value is -2.12. The lowest BCUT2D eigenvalue weighted by molar-refractivity contribution is 0.174. The highest BCUT2D eigenvalue weighted by Gasteiger charge is 2.16. The monoisotopic (exact) mass is 358 g/mol. The summed E-state index contributed by atoms with van der Waals surface area (Å²) in [6.07, 6.45) is 2.07. The van der Waals surface area contributed by atoms with Gasteiger partial charge in [-0.1, -0.05) is 23.9 Å². The molecule has 0 unspecified atom stereocenters. The summed E-state index contributed by atoms with van der Waals surface area (Å²) in [5.74, 6) is 2.71. The van der Waals surface area contributed by atoms with Gasteiger partial charge in [-0.15, -0.1) is 22.0 Å². The first-order valence-electron chi connectivity index (χ1n) is 7.31. The summed E-state index contributed by atoms with van der Waals surface area (Å²) in [7, 11) is 0. The molecule has 5 nitrogen and oxygen atoms in total. The van der Waals surface area contributed by atoms with E-state index < -0.39 is 0 Å². The number of benzene rings is 2. The minimum absolute atomic E-state index is 0.249. The SMILES string of the molecule is CSc1ccc(CSc2nnc(-c3ccc4c(c3)OCO4)o2)cc1. The van der Waals surface area contributed by atoms with E-state index in [1.807, 2.05) is 18.2 Å². The second-order valence-electron chi connectivity index (χ2n) is 5.08. The number of hydrogen-bond acceptors (Lipinski definition) is 7. The lowest BCUT2D eigenvalue weighted by Crippen LogP contribution is -1.92. The first kappa shape index (κ1) is 15.4. The summed E-state index contributed by atoms with van der Waals surface area (Å²) in [5, 5.41) is 8.77. The molecule has 4 rings (SSSR count). The molecule has 0 saturated carbocycles. The van der Waals surface area contributed by atoms with E-state index in [1.165, 1.54) is 22.2 Å². The molecule has 0 atom stereocenters. The highest BCUT2D eigenvalue weighted by Crippen LogP contribution is 2.36. The van der Waals surface area contributed by atoms with Crippen LogP contribution in [-0.4, -0.2) is 23.2 Å². The number of thioether (sulfide) groups is 2. The van der Waals surface area contributed by atoms with Crippen molar-refractivity contribution >= 4 is 23.5 Å². The van der Waals surface area contributed by atoms with Crippen LogP contribution in [0.25, 0.3) is 11.5 Å². The van der Waals surface area contributed by atoms with Crippen LogP contribution in [-0.2, 0) is 5.75 Å². The molecule has 1 aliphatic heterocycles. The molecular formula is C17H14N2O3S2. The van der Waals surface area contributed by atoms with Crippen LogP contribution in [0.4, 0.5) is 0 Å². The fourth-order valence-corrected chi connectivity index (χ4v) is 3.41. The first-order valence-corrected chi connectivity index (χ1v) is 9.52. The summed E-state index contributed by atoms with van der Waals surface area (Å²) in [6, 6.07) is 14.1. The van der Waals surface area contributed by atoms with Gasteiger partial charge in [-0.2, -0.15) is 0 Å². The normalized spacial score (nSPS) is 12.5. The molecule has 0 bridgehead atoms. The lowest BCUT2D eigenvalue weighted by atomic mass is 10.2. The molecule has 7 heteroatoms. The third-order valence-electron chi connectivity index (χ3n) is 3.55. The minimum Gasteiger partial charge on any atom is -0.454 e. The van der Waals surface area contributed by atoms with Crippen molar-refractivity contribution in [1.82, 2.24) is 10.2 Å². The van der Waals surface area contributed by atoms with Gasteiger partial charge in [-0.3, -0.25) is 0 Å². The van der Waals surface area contributed by atoms with Gasteiger partial charge in [0.05, 0.1) is 0 Å². The number of hydrogen-bond donors (Lipinski definition) is 0. The van der Waals surface area contributed by atoms with Gasteiger partial charge in [-0.25, -0.2) is 0 Å². The van der Waals surface area contributed by atoms with Crippen LogP contribution < -0.4 is 9.47 Å². The number of fused-ring (bicyclic) bond motifs is 1. The first-order chi connectivity index (χ1) is 11.8. The summed E-state index contributed by atoms with van der Waals surface area (Å²) in [5.41, 5.74) is 2.04. The Morgan fingerprint density at radius 2 is 1.83 bits per heavy atom. The summed E-state index contributed by atoms with van der Waals surface area (Å²) >= 11 is 3.26. The predicted octanol–water partition coefficient (Wildman–Crippen LogP) is 4.48. The molecule has 0 spiro atoms. The Bertz CT molecular complexity index is 849. The molecular weight excluding hydrogens is 344 g/mol. The number of ether oxygens (including phenoxy) is 2. The van der Waals surface area contributed by atoms with Crippen molar-refractivity contribution in [3.05, 3.63) is 48.0 Å². The Labute approximate surface area is 147 Å². The van der Waals surface area contributed by atoms with Crippen molar-refractivity contribution in [2.75, 3.05) is 13.0 Å². The molecule has 2 aromatic carbocycles. The van der Waals surface area contributed by atoms with Gasteiger partial charge in [0.15, 0.2) is 11.5 Å². The zero-order chi connectivity index (χ0) is 16.4. The van der Waals surface area contributed by atoms with E-state index in [0.29, 0.717) is 16.9 Å². The molecule has 1 aromatic heterocycles. The van der Waals surface area contributed by atoms with Gasteiger partial charge in [-0.05, 0) is 42.2 Å². The van der Waals surface area contributed by atoms with Crippen LogP contribution in [0.5, 0.6) is 11.5 Å². The molecule has 2 heterocycles. The standard InChI is InChI=1S/C17H14N2O3S2/c1-23-13-5-2-11(3-6-13)9-24-17-19-18-16(22-17)12-4-7-14-15(8-12)21-10-20-14/h2-8H,9-10H2,1H3. The van der Waals surface area contributed by atoms with Crippen LogP contribution >= 0.6 is 23.5 Å². The highest BCUT2D eigenvalue weighted by molar-refractivity contribution is 7.98. The maximum atomic E-state index is 5.74. The van der Waals surface area contributed by atoms with E-state index in [4.69, 9.17) is 13.9 Å². The van der Waals surface area contributed by atoms with Gasteiger partial charge < -0.3 is 13.9 Å². The second-order valence-corrected chi connectivity index (χ2v) is 6.88. The Morgan fingerprint density at radius 1 is 1.00 bits per heavy atom. The number of aromatic nitrogens is 2. The number of rotatable bonds is 5. The van der Waals surface area contributed by atoms with E-state index in [0.717, 1.165) is 17.1 Å². The van der Waals surface area contributed by atoms with Crippen molar-refractivity contribution in [2.45, 2.75) is 15.9 Å². The van der Waals surface area contributed by atoms with Crippen molar-refractivity contribution in [1.29, 1.82) is 0 Å². The molecule has 3 aromatic rings. The maximum absolute atomic E-state index is 5.74. The lowest BCUT2D eigenvalue weighted by Gasteiger charge is -2.00. The van der Waals surface area contributed by atoms with E-state index in [2.05, 4.69) is 40.7 Å². The van der Waals surface area contributed by atoms with Crippen LogP contribution in [0, 0.1) is 0 Å². The molecule has 0 fully saturated rings. The zero-order valence-corrected chi connectivity index (χ0v) is 14.5. The van der Waals surface area contributed by atoms with Crippen molar-refractivity contribution in [3.63, 3.8) is 0 Å². The van der Waals surface area contributed by atoms with Crippen molar-refractivity contribution in [2.24, 2.45) is 0 Å². The fourth-order valence-electron chi connectivity index (χ4n) is 2.28. The average molecular weight is 358 g/mol. The summed E-state index contributed by atoms with van der Waals surface area (Å²) < 4.78 is 16.4. The molecule has 0 radical (unpaired) electrons. The Morgan fingerprint density at radius 3 is 2.67 bits per heavy atom. The van der Waals surface area contributed by atoms with E-state index >= 15 is 0 Å². The molecule has 0 saturated heterocycles. The third-order valence-corrected chi connectivity index (χ3v) is 5.18. The number of nitrogens with zero attached hydrogens (tertiary/aromatic N) is 2. The smallest absolute Gasteiger partial charge is 0.277 e. The van der Waals surface area contributed by atoms with Crippen LogP contribution in [0.1, 0.15) is 5.56 Å². The zero-order valence-electron chi connectivity index (χ0n) is 12.9. The third kappa shape index (κ3) is 3.22. The highest BCUT2D eigenvalue weighted by atomic mass is 32.2. The molecule has 0 amide bonds. The fraction of sp³-hybridized carbons (Fsp3) is 0.176. The van der Waals surface area contributed by atoms with Crippen molar-refractivity contribution < 1.29 is 13.9 Å². The van der Waals surface area contributed by atoms with Gasteiger partial charge in [0.1, 0.15) is 0 Å². The van der Waals surface area contributed by atoms with E-state index in [-0.39, 0.29) is 6.79 Å². The summed E-state index contributed by atoms with van der Waals surface area (Å²) in [4.78, 5) is 1.26. The topological polar surface area (TPSA) is 57.4 Å². The van der Waals surface area contributed by atoms with Gasteiger partial charge in [0.25, 0.3) is 5.22 Å². The van der Waals surface area contributed by atoms with Crippen LogP contribution in [0.15, 0.2) is 57.0 Å². The van der Waals surface area contributed by atoms with E-state index in [9.17, 15) is 0 Å². The molecule has 0 N–H and O–H groups in total. The minimum atomic E-state index is 0.249. The van der Waals surface area contributed by atoms with Gasteiger partial charge in [0.2, 0.25) is 12.7 Å². The molecule has 24 heavy (non-hydrogen) atoms. The van der Waals surface area contributed by atoms with E-state index in [1.54, 1.807) is 11.8 Å². The quantitative estimate of drug-likeness (QED) is 0.623. The largest absolute Gasteiger partial charge is 0.454 e. The van der Waals surface area contributed by atoms with Gasteiger partial charge in [0, 0.05) is 16.2 Å². The van der Waals surface area contributed by atoms with Crippen molar-refractivity contribution in [3.8, 4) is 23.0 Å². The summed E-state index contributed by atoms with van der Waals surface area (Å²) in [6.45, 7) is 0.249. The van der Waals surface area contributed by atoms with Crippen LogP contribution in [0.2, 0.25) is 0 Å². The predicted molar refractivity (Wildman–Crippen MR) is 93.6 cm³/mol.